The zero-order chi connectivity index (χ0) is 11.2. The van der Waals surface area contributed by atoms with Crippen LogP contribution in [-0.2, 0) is 9.47 Å². The fraction of sp³-hybridized carbons (Fsp3) is 1.00. The molecule has 0 aromatic rings. The van der Waals surface area contributed by atoms with Crippen LogP contribution in [0.15, 0.2) is 0 Å². The Labute approximate surface area is 99.7 Å². The Kier molecular flexibility index (Phi) is 5.11. The molecule has 2 atom stereocenters. The van der Waals surface area contributed by atoms with Crippen LogP contribution in [0.4, 0.5) is 0 Å². The number of hydrogen-bond acceptors (Lipinski definition) is 2. The van der Waals surface area contributed by atoms with Crippen molar-refractivity contribution in [2.24, 2.45) is 11.8 Å². The highest BCUT2D eigenvalue weighted by molar-refractivity contribution is 4.72. The van der Waals surface area contributed by atoms with Crippen molar-refractivity contribution in [2.45, 2.75) is 58.0 Å². The lowest BCUT2D eigenvalue weighted by atomic mass is 9.90. The normalized spacial score (nSPS) is 32.8. The molecule has 0 aromatic carbocycles. The van der Waals surface area contributed by atoms with E-state index < -0.39 is 0 Å². The van der Waals surface area contributed by atoms with Crippen molar-refractivity contribution in [1.82, 2.24) is 0 Å². The molecule has 0 bridgehead atoms. The summed E-state index contributed by atoms with van der Waals surface area (Å²) in [7, 11) is 0. The monoisotopic (exact) mass is 226 g/mol. The van der Waals surface area contributed by atoms with Gasteiger partial charge in [-0.15, -0.1) is 0 Å². The Hall–Kier alpha value is -0.0800. The quantitative estimate of drug-likeness (QED) is 0.731. The van der Waals surface area contributed by atoms with Gasteiger partial charge in [-0.1, -0.05) is 13.3 Å². The average molecular weight is 226 g/mol. The molecule has 2 heterocycles. The van der Waals surface area contributed by atoms with Crippen LogP contribution < -0.4 is 0 Å². The molecule has 0 aromatic heterocycles. The van der Waals surface area contributed by atoms with Gasteiger partial charge in [-0.3, -0.25) is 0 Å². The van der Waals surface area contributed by atoms with Crippen LogP contribution in [0, 0.1) is 11.8 Å². The summed E-state index contributed by atoms with van der Waals surface area (Å²) in [6.45, 7) is 5.24. The van der Waals surface area contributed by atoms with Crippen molar-refractivity contribution >= 4 is 0 Å². The van der Waals surface area contributed by atoms with Crippen LogP contribution in [0.2, 0.25) is 0 Å². The molecular weight excluding hydrogens is 200 g/mol. The number of hydrogen-bond donors (Lipinski definition) is 0. The van der Waals surface area contributed by atoms with Gasteiger partial charge in [0.2, 0.25) is 0 Å². The molecule has 0 N–H and O–H groups in total. The number of ether oxygens (including phenoxy) is 2. The van der Waals surface area contributed by atoms with Gasteiger partial charge in [0.1, 0.15) is 0 Å². The summed E-state index contributed by atoms with van der Waals surface area (Å²) >= 11 is 0. The second-order valence-electron chi connectivity index (χ2n) is 5.44. The molecule has 0 amide bonds. The maximum atomic E-state index is 5.94. The third-order valence-corrected chi connectivity index (χ3v) is 4.28. The predicted octanol–water partition coefficient (Wildman–Crippen LogP) is 3.40. The van der Waals surface area contributed by atoms with Crippen molar-refractivity contribution < 1.29 is 9.47 Å². The molecule has 2 saturated heterocycles. The summed E-state index contributed by atoms with van der Waals surface area (Å²) in [5.74, 6) is 1.74. The molecule has 0 aliphatic carbocycles. The van der Waals surface area contributed by atoms with Crippen LogP contribution in [0.5, 0.6) is 0 Å². The molecule has 2 heteroatoms. The van der Waals surface area contributed by atoms with Crippen molar-refractivity contribution in [3.8, 4) is 0 Å². The lowest BCUT2D eigenvalue weighted by Crippen LogP contribution is -2.26. The van der Waals surface area contributed by atoms with E-state index in [2.05, 4.69) is 6.92 Å². The van der Waals surface area contributed by atoms with Gasteiger partial charge in [-0.25, -0.2) is 0 Å². The maximum absolute atomic E-state index is 5.94. The molecule has 94 valence electrons. The summed E-state index contributed by atoms with van der Waals surface area (Å²) in [4.78, 5) is 0. The summed E-state index contributed by atoms with van der Waals surface area (Å²) < 4.78 is 11.3. The Morgan fingerprint density at radius 1 is 0.938 bits per heavy atom. The van der Waals surface area contributed by atoms with Crippen LogP contribution >= 0.6 is 0 Å². The van der Waals surface area contributed by atoms with Gasteiger partial charge in [0.05, 0.1) is 6.10 Å². The minimum absolute atomic E-state index is 0.561. The van der Waals surface area contributed by atoms with E-state index in [1.807, 2.05) is 0 Å². The molecule has 2 aliphatic heterocycles. The lowest BCUT2D eigenvalue weighted by Gasteiger charge is -2.30. The first-order chi connectivity index (χ1) is 7.88. The second kappa shape index (κ2) is 6.61. The Morgan fingerprint density at radius 3 is 2.38 bits per heavy atom. The van der Waals surface area contributed by atoms with Crippen LogP contribution in [0.25, 0.3) is 0 Å². The highest BCUT2D eigenvalue weighted by Gasteiger charge is 2.22. The third-order valence-electron chi connectivity index (χ3n) is 4.28. The van der Waals surface area contributed by atoms with Crippen LogP contribution in [0.1, 0.15) is 51.9 Å². The van der Waals surface area contributed by atoms with E-state index in [9.17, 15) is 0 Å². The van der Waals surface area contributed by atoms with Crippen molar-refractivity contribution in [1.29, 1.82) is 0 Å². The lowest BCUT2D eigenvalue weighted by molar-refractivity contribution is -0.0265. The molecule has 2 fully saturated rings. The Balaban J connectivity index is 1.59. The van der Waals surface area contributed by atoms with Gasteiger partial charge in [-0.2, -0.15) is 0 Å². The second-order valence-corrected chi connectivity index (χ2v) is 5.44. The molecule has 2 aliphatic rings. The maximum Gasteiger partial charge on any atom is 0.0575 e. The summed E-state index contributed by atoms with van der Waals surface area (Å²) in [6, 6.07) is 0. The molecule has 16 heavy (non-hydrogen) atoms. The SMILES string of the molecule is CCC1CCC(CCC2CCOCC2)OC1. The van der Waals surface area contributed by atoms with Crippen molar-refractivity contribution in [3.05, 3.63) is 0 Å². The van der Waals surface area contributed by atoms with Gasteiger partial charge in [0.25, 0.3) is 0 Å². The first-order valence-electron chi connectivity index (χ1n) is 7.07. The fourth-order valence-electron chi connectivity index (χ4n) is 2.87. The van der Waals surface area contributed by atoms with Gasteiger partial charge in [0, 0.05) is 19.8 Å². The van der Waals surface area contributed by atoms with Crippen molar-refractivity contribution in [2.75, 3.05) is 19.8 Å². The third kappa shape index (κ3) is 3.74. The van der Waals surface area contributed by atoms with Gasteiger partial charge < -0.3 is 9.47 Å². The van der Waals surface area contributed by atoms with Gasteiger partial charge in [0.15, 0.2) is 0 Å². The van der Waals surface area contributed by atoms with Crippen LogP contribution in [-0.4, -0.2) is 25.9 Å². The molecule has 2 rings (SSSR count). The van der Waals surface area contributed by atoms with E-state index in [1.165, 1.54) is 44.9 Å². The van der Waals surface area contributed by atoms with E-state index in [1.54, 1.807) is 0 Å². The molecule has 0 radical (unpaired) electrons. The molecule has 0 saturated carbocycles. The minimum atomic E-state index is 0.561. The highest BCUT2D eigenvalue weighted by atomic mass is 16.5. The standard InChI is InChI=1S/C14H26O2/c1-2-12-3-5-14(16-11-12)6-4-13-7-9-15-10-8-13/h12-14H,2-11H2,1H3. The van der Waals surface area contributed by atoms with Crippen LogP contribution in [0.3, 0.4) is 0 Å². The molecule has 2 nitrogen and oxygen atoms in total. The summed E-state index contributed by atoms with van der Waals surface area (Å²) in [6.07, 6.45) is 9.69. The first-order valence-corrected chi connectivity index (χ1v) is 7.07. The van der Waals surface area contributed by atoms with Crippen molar-refractivity contribution in [3.63, 3.8) is 0 Å². The molecule has 0 spiro atoms. The van der Waals surface area contributed by atoms with E-state index in [-0.39, 0.29) is 0 Å². The van der Waals surface area contributed by atoms with E-state index in [0.717, 1.165) is 31.7 Å². The topological polar surface area (TPSA) is 18.5 Å². The van der Waals surface area contributed by atoms with E-state index >= 15 is 0 Å². The highest BCUT2D eigenvalue weighted by Crippen LogP contribution is 2.27. The Morgan fingerprint density at radius 2 is 1.75 bits per heavy atom. The number of rotatable bonds is 4. The summed E-state index contributed by atoms with van der Waals surface area (Å²) in [5.41, 5.74) is 0. The van der Waals surface area contributed by atoms with Gasteiger partial charge >= 0.3 is 0 Å². The fourth-order valence-corrected chi connectivity index (χ4v) is 2.87. The van der Waals surface area contributed by atoms with Gasteiger partial charge in [-0.05, 0) is 50.4 Å². The first kappa shape index (κ1) is 12.4. The minimum Gasteiger partial charge on any atom is -0.381 e. The molecular formula is C14H26O2. The van der Waals surface area contributed by atoms with E-state index in [4.69, 9.17) is 9.47 Å². The average Bonchev–Trinajstić information content (AvgIpc) is 2.38. The Bertz CT molecular complexity index is 179. The molecule has 2 unspecified atom stereocenters. The van der Waals surface area contributed by atoms with E-state index in [0.29, 0.717) is 6.10 Å². The summed E-state index contributed by atoms with van der Waals surface area (Å²) in [5, 5.41) is 0. The predicted molar refractivity (Wildman–Crippen MR) is 65.5 cm³/mol. The zero-order valence-corrected chi connectivity index (χ0v) is 10.6. The zero-order valence-electron chi connectivity index (χ0n) is 10.6. The largest absolute Gasteiger partial charge is 0.381 e. The smallest absolute Gasteiger partial charge is 0.0575 e.